The van der Waals surface area contributed by atoms with Crippen molar-refractivity contribution in [2.24, 2.45) is 0 Å². The molecule has 4 heteroatoms. The Bertz CT molecular complexity index is 695. The second-order valence-corrected chi connectivity index (χ2v) is 5.89. The van der Waals surface area contributed by atoms with Crippen LogP contribution in [0.2, 0.25) is 0 Å². The Morgan fingerprint density at radius 3 is 2.70 bits per heavy atom. The van der Waals surface area contributed by atoms with Gasteiger partial charge < -0.3 is 9.47 Å². The zero-order valence-electron chi connectivity index (χ0n) is 13.0. The Kier molecular flexibility index (Phi) is 6.41. The number of carbonyl (C=O) groups is 1. The van der Waals surface area contributed by atoms with Gasteiger partial charge in [-0.2, -0.15) is 0 Å². The number of halogens is 1. The van der Waals surface area contributed by atoms with Crippen LogP contribution < -0.4 is 9.47 Å². The highest BCUT2D eigenvalue weighted by atomic mass is 79.9. The minimum atomic E-state index is 0.421. The molecule has 0 unspecified atom stereocenters. The summed E-state index contributed by atoms with van der Waals surface area (Å²) in [5.41, 5.74) is 2.51. The number of hydrogen-bond donors (Lipinski definition) is 0. The molecule has 0 aliphatic heterocycles. The third-order valence-corrected chi connectivity index (χ3v) is 3.72. The number of carbonyl (C=O) groups excluding carboxylic acids is 1. The van der Waals surface area contributed by atoms with Crippen molar-refractivity contribution in [2.75, 3.05) is 6.61 Å². The molecular weight excluding hydrogens is 356 g/mol. The van der Waals surface area contributed by atoms with Gasteiger partial charge in [-0.25, -0.2) is 0 Å². The standard InChI is InChI=1S/C19H19BrO3/c1-3-6-16-9-15(12-21)11-18(22-4-2)19(16)23-13-14-7-5-8-17(20)10-14/h3,5,7-12H,1,4,6,13H2,2H3. The number of hydrogen-bond acceptors (Lipinski definition) is 3. The molecule has 0 spiro atoms. The third kappa shape index (κ3) is 4.70. The first-order valence-electron chi connectivity index (χ1n) is 7.41. The topological polar surface area (TPSA) is 35.5 Å². The van der Waals surface area contributed by atoms with Crippen LogP contribution in [0.15, 0.2) is 53.5 Å². The van der Waals surface area contributed by atoms with E-state index in [1.54, 1.807) is 12.1 Å². The predicted molar refractivity (Wildman–Crippen MR) is 95.4 cm³/mol. The predicted octanol–water partition coefficient (Wildman–Crippen LogP) is 4.97. The summed E-state index contributed by atoms with van der Waals surface area (Å²) in [7, 11) is 0. The molecule has 2 aromatic carbocycles. The maximum Gasteiger partial charge on any atom is 0.165 e. The lowest BCUT2D eigenvalue weighted by atomic mass is 10.1. The highest BCUT2D eigenvalue weighted by Crippen LogP contribution is 2.34. The molecule has 23 heavy (non-hydrogen) atoms. The van der Waals surface area contributed by atoms with Gasteiger partial charge in [0.15, 0.2) is 11.5 Å². The Morgan fingerprint density at radius 1 is 1.22 bits per heavy atom. The Hall–Kier alpha value is -2.07. The summed E-state index contributed by atoms with van der Waals surface area (Å²) in [5.74, 6) is 1.25. The zero-order valence-corrected chi connectivity index (χ0v) is 14.6. The minimum absolute atomic E-state index is 0.421. The van der Waals surface area contributed by atoms with E-state index in [1.165, 1.54) is 0 Å². The second kappa shape index (κ2) is 8.53. The van der Waals surface area contributed by atoms with Crippen LogP contribution in [-0.2, 0) is 13.0 Å². The molecule has 0 amide bonds. The molecule has 0 aromatic heterocycles. The largest absolute Gasteiger partial charge is 0.490 e. The van der Waals surface area contributed by atoms with Crippen LogP contribution in [-0.4, -0.2) is 12.9 Å². The fourth-order valence-corrected chi connectivity index (χ4v) is 2.71. The number of ether oxygens (including phenoxy) is 2. The van der Waals surface area contributed by atoms with Gasteiger partial charge in [-0.1, -0.05) is 34.1 Å². The normalized spacial score (nSPS) is 10.2. The third-order valence-electron chi connectivity index (χ3n) is 3.23. The van der Waals surface area contributed by atoms with Crippen LogP contribution in [0, 0.1) is 0 Å². The fourth-order valence-electron chi connectivity index (χ4n) is 2.27. The van der Waals surface area contributed by atoms with Crippen molar-refractivity contribution in [3.05, 3.63) is 70.2 Å². The summed E-state index contributed by atoms with van der Waals surface area (Å²) in [6.07, 6.45) is 3.20. The molecule has 0 heterocycles. The Balaban J connectivity index is 2.33. The van der Waals surface area contributed by atoms with Gasteiger partial charge >= 0.3 is 0 Å². The van der Waals surface area contributed by atoms with Crippen LogP contribution in [0.5, 0.6) is 11.5 Å². The quantitative estimate of drug-likeness (QED) is 0.483. The van der Waals surface area contributed by atoms with Gasteiger partial charge in [0, 0.05) is 15.6 Å². The van der Waals surface area contributed by atoms with Crippen LogP contribution in [0.25, 0.3) is 0 Å². The van der Waals surface area contributed by atoms with Gasteiger partial charge in [0.2, 0.25) is 0 Å². The average Bonchev–Trinajstić information content (AvgIpc) is 2.54. The smallest absolute Gasteiger partial charge is 0.165 e. The van der Waals surface area contributed by atoms with E-state index in [2.05, 4.69) is 22.5 Å². The Morgan fingerprint density at radius 2 is 2.04 bits per heavy atom. The van der Waals surface area contributed by atoms with Crippen molar-refractivity contribution in [1.29, 1.82) is 0 Å². The van der Waals surface area contributed by atoms with Gasteiger partial charge in [0.05, 0.1) is 6.61 Å². The van der Waals surface area contributed by atoms with Crippen LogP contribution in [0.4, 0.5) is 0 Å². The highest BCUT2D eigenvalue weighted by Gasteiger charge is 2.13. The second-order valence-electron chi connectivity index (χ2n) is 4.97. The minimum Gasteiger partial charge on any atom is -0.490 e. The summed E-state index contributed by atoms with van der Waals surface area (Å²) in [5, 5.41) is 0. The maximum absolute atomic E-state index is 11.1. The van der Waals surface area contributed by atoms with Gasteiger partial charge in [-0.05, 0) is 43.2 Å². The monoisotopic (exact) mass is 374 g/mol. The molecule has 3 nitrogen and oxygen atoms in total. The van der Waals surface area contributed by atoms with Gasteiger partial charge in [0.25, 0.3) is 0 Å². The van der Waals surface area contributed by atoms with Crippen molar-refractivity contribution in [1.82, 2.24) is 0 Å². The van der Waals surface area contributed by atoms with Crippen LogP contribution in [0.3, 0.4) is 0 Å². The molecule has 0 aliphatic rings. The summed E-state index contributed by atoms with van der Waals surface area (Å²) >= 11 is 3.45. The Labute approximate surface area is 145 Å². The zero-order chi connectivity index (χ0) is 16.7. The summed E-state index contributed by atoms with van der Waals surface area (Å²) < 4.78 is 12.7. The first kappa shape index (κ1) is 17.3. The first-order chi connectivity index (χ1) is 11.2. The number of aldehydes is 1. The lowest BCUT2D eigenvalue weighted by molar-refractivity contribution is 0.112. The average molecular weight is 375 g/mol. The van der Waals surface area contributed by atoms with Crippen molar-refractivity contribution in [2.45, 2.75) is 20.0 Å². The van der Waals surface area contributed by atoms with E-state index in [0.29, 0.717) is 36.7 Å². The first-order valence-corrected chi connectivity index (χ1v) is 8.20. The van der Waals surface area contributed by atoms with Gasteiger partial charge in [-0.3, -0.25) is 4.79 Å². The molecule has 0 atom stereocenters. The van der Waals surface area contributed by atoms with E-state index in [0.717, 1.165) is 21.9 Å². The summed E-state index contributed by atoms with van der Waals surface area (Å²) in [6, 6.07) is 11.5. The van der Waals surface area contributed by atoms with Crippen LogP contribution in [0.1, 0.15) is 28.4 Å². The lowest BCUT2D eigenvalue weighted by Gasteiger charge is -2.16. The van der Waals surface area contributed by atoms with Gasteiger partial charge in [0.1, 0.15) is 12.9 Å². The SMILES string of the molecule is C=CCc1cc(C=O)cc(OCC)c1OCc1cccc(Br)c1. The molecule has 0 fully saturated rings. The molecule has 0 radical (unpaired) electrons. The molecule has 120 valence electrons. The molecular formula is C19H19BrO3. The van der Waals surface area contributed by atoms with Crippen molar-refractivity contribution in [3.8, 4) is 11.5 Å². The van der Waals surface area contributed by atoms with E-state index in [4.69, 9.17) is 9.47 Å². The molecule has 2 aromatic rings. The molecule has 0 saturated heterocycles. The summed E-state index contributed by atoms with van der Waals surface area (Å²) in [4.78, 5) is 11.1. The fraction of sp³-hybridized carbons (Fsp3) is 0.211. The maximum atomic E-state index is 11.1. The van der Waals surface area contributed by atoms with Gasteiger partial charge in [-0.15, -0.1) is 6.58 Å². The van der Waals surface area contributed by atoms with E-state index in [1.807, 2.05) is 37.3 Å². The molecule has 0 saturated carbocycles. The number of benzene rings is 2. The number of allylic oxidation sites excluding steroid dienone is 1. The van der Waals surface area contributed by atoms with E-state index in [-0.39, 0.29) is 0 Å². The molecule has 0 bridgehead atoms. The van der Waals surface area contributed by atoms with Crippen molar-refractivity contribution < 1.29 is 14.3 Å². The molecule has 2 rings (SSSR count). The van der Waals surface area contributed by atoms with Crippen molar-refractivity contribution in [3.63, 3.8) is 0 Å². The van der Waals surface area contributed by atoms with E-state index >= 15 is 0 Å². The molecule has 0 aliphatic carbocycles. The van der Waals surface area contributed by atoms with Crippen molar-refractivity contribution >= 4 is 22.2 Å². The van der Waals surface area contributed by atoms with E-state index < -0.39 is 0 Å². The highest BCUT2D eigenvalue weighted by molar-refractivity contribution is 9.10. The molecule has 0 N–H and O–H groups in total. The van der Waals surface area contributed by atoms with Crippen LogP contribution >= 0.6 is 15.9 Å². The number of rotatable bonds is 8. The summed E-state index contributed by atoms with van der Waals surface area (Å²) in [6.45, 7) is 6.59. The van der Waals surface area contributed by atoms with E-state index in [9.17, 15) is 4.79 Å². The lowest BCUT2D eigenvalue weighted by Crippen LogP contribution is -2.04.